The van der Waals surface area contributed by atoms with Crippen molar-refractivity contribution in [3.8, 4) is 0 Å². The number of thiazole rings is 1. The number of fused-ring (bicyclic) bond motifs is 2. The van der Waals surface area contributed by atoms with Crippen LogP contribution in [0.3, 0.4) is 0 Å². The molecule has 1 atom stereocenters. The summed E-state index contributed by atoms with van der Waals surface area (Å²) in [5, 5.41) is 2.29. The second kappa shape index (κ2) is 6.82. The van der Waals surface area contributed by atoms with Crippen LogP contribution in [0.1, 0.15) is 35.9 Å². The van der Waals surface area contributed by atoms with Gasteiger partial charge in [-0.05, 0) is 43.0 Å². The van der Waals surface area contributed by atoms with Gasteiger partial charge in [-0.2, -0.15) is 0 Å². The SMILES string of the molecule is O=C(CCc1c[nH]c2ccccc12)N1CCC[C@@H]1c1nc2ccccc2s1. The van der Waals surface area contributed by atoms with Crippen molar-refractivity contribution in [2.24, 2.45) is 0 Å². The molecule has 1 aliphatic heterocycles. The standard InChI is InChI=1S/C22H21N3OS/c26-21(12-11-15-14-23-17-7-2-1-6-16(15)17)25-13-5-9-19(25)22-24-18-8-3-4-10-20(18)27-22/h1-4,6-8,10,14,19,23H,5,9,11-13H2/t19-/m1/s1. The van der Waals surface area contributed by atoms with E-state index in [0.717, 1.165) is 41.8 Å². The summed E-state index contributed by atoms with van der Waals surface area (Å²) in [4.78, 5) is 23.1. The van der Waals surface area contributed by atoms with Gasteiger partial charge in [-0.25, -0.2) is 4.98 Å². The predicted octanol–water partition coefficient (Wildman–Crippen LogP) is 5.07. The summed E-state index contributed by atoms with van der Waals surface area (Å²) in [7, 11) is 0. The number of rotatable bonds is 4. The number of para-hydroxylation sites is 2. The van der Waals surface area contributed by atoms with E-state index in [2.05, 4.69) is 23.2 Å². The lowest BCUT2D eigenvalue weighted by molar-refractivity contribution is -0.132. The second-order valence-electron chi connectivity index (χ2n) is 7.12. The van der Waals surface area contributed by atoms with Crippen LogP contribution < -0.4 is 0 Å². The monoisotopic (exact) mass is 375 g/mol. The largest absolute Gasteiger partial charge is 0.361 e. The van der Waals surface area contributed by atoms with Crippen LogP contribution in [0.4, 0.5) is 0 Å². The summed E-state index contributed by atoms with van der Waals surface area (Å²) in [6.45, 7) is 0.841. The topological polar surface area (TPSA) is 49.0 Å². The highest BCUT2D eigenvalue weighted by molar-refractivity contribution is 7.18. The molecule has 0 radical (unpaired) electrons. The number of amides is 1. The van der Waals surface area contributed by atoms with Crippen molar-refractivity contribution in [2.45, 2.75) is 31.7 Å². The quantitative estimate of drug-likeness (QED) is 0.541. The molecule has 1 saturated heterocycles. The van der Waals surface area contributed by atoms with Gasteiger partial charge in [0.2, 0.25) is 5.91 Å². The zero-order valence-electron chi connectivity index (χ0n) is 15.0. The average Bonchev–Trinajstić information content (AvgIpc) is 3.43. The summed E-state index contributed by atoms with van der Waals surface area (Å²) in [6.07, 6.45) is 5.42. The third-order valence-electron chi connectivity index (χ3n) is 5.45. The van der Waals surface area contributed by atoms with Gasteiger partial charge in [-0.1, -0.05) is 30.3 Å². The van der Waals surface area contributed by atoms with E-state index >= 15 is 0 Å². The van der Waals surface area contributed by atoms with Crippen LogP contribution in [-0.2, 0) is 11.2 Å². The number of benzene rings is 2. The number of carbonyl (C=O) groups is 1. The molecule has 1 aliphatic rings. The van der Waals surface area contributed by atoms with Crippen LogP contribution in [0.2, 0.25) is 0 Å². The lowest BCUT2D eigenvalue weighted by Crippen LogP contribution is -2.30. The maximum absolute atomic E-state index is 13.0. The van der Waals surface area contributed by atoms with E-state index < -0.39 is 0 Å². The minimum absolute atomic E-state index is 0.137. The van der Waals surface area contributed by atoms with Crippen molar-refractivity contribution in [3.63, 3.8) is 0 Å². The lowest BCUT2D eigenvalue weighted by Gasteiger charge is -2.23. The minimum atomic E-state index is 0.137. The van der Waals surface area contributed by atoms with Crippen molar-refractivity contribution in [2.75, 3.05) is 6.54 Å². The molecule has 0 saturated carbocycles. The maximum Gasteiger partial charge on any atom is 0.223 e. The number of carbonyl (C=O) groups excluding carboxylic acids is 1. The zero-order valence-corrected chi connectivity index (χ0v) is 15.8. The van der Waals surface area contributed by atoms with Gasteiger partial charge >= 0.3 is 0 Å². The molecule has 0 spiro atoms. The van der Waals surface area contributed by atoms with Crippen molar-refractivity contribution in [1.82, 2.24) is 14.9 Å². The molecule has 27 heavy (non-hydrogen) atoms. The van der Waals surface area contributed by atoms with Gasteiger partial charge < -0.3 is 9.88 Å². The summed E-state index contributed by atoms with van der Waals surface area (Å²) in [5.74, 6) is 0.238. The van der Waals surface area contributed by atoms with Crippen LogP contribution in [-0.4, -0.2) is 27.3 Å². The minimum Gasteiger partial charge on any atom is -0.361 e. The van der Waals surface area contributed by atoms with E-state index in [0.29, 0.717) is 6.42 Å². The first-order chi connectivity index (χ1) is 13.3. The van der Waals surface area contributed by atoms with Crippen molar-refractivity contribution < 1.29 is 4.79 Å². The molecule has 3 heterocycles. The number of nitrogens with zero attached hydrogens (tertiary/aromatic N) is 2. The van der Waals surface area contributed by atoms with E-state index in [1.165, 1.54) is 15.6 Å². The normalized spacial score (nSPS) is 17.2. The Morgan fingerprint density at radius 2 is 2.04 bits per heavy atom. The summed E-state index contributed by atoms with van der Waals surface area (Å²) >= 11 is 1.72. The van der Waals surface area contributed by atoms with Gasteiger partial charge in [0, 0.05) is 30.1 Å². The molecule has 2 aromatic heterocycles. The highest BCUT2D eigenvalue weighted by atomic mass is 32.1. The molecule has 5 heteroatoms. The fourth-order valence-corrected chi connectivity index (χ4v) is 5.19. The Morgan fingerprint density at radius 3 is 2.96 bits per heavy atom. The van der Waals surface area contributed by atoms with E-state index in [4.69, 9.17) is 4.98 Å². The van der Waals surface area contributed by atoms with Crippen molar-refractivity contribution in [1.29, 1.82) is 0 Å². The van der Waals surface area contributed by atoms with Crippen molar-refractivity contribution in [3.05, 3.63) is 65.3 Å². The van der Waals surface area contributed by atoms with Crippen LogP contribution in [0, 0.1) is 0 Å². The third-order valence-corrected chi connectivity index (χ3v) is 6.59. The molecule has 2 aromatic carbocycles. The van der Waals surface area contributed by atoms with E-state index in [9.17, 15) is 4.79 Å². The molecule has 0 bridgehead atoms. The number of aromatic amines is 1. The summed E-state index contributed by atoms with van der Waals surface area (Å²) < 4.78 is 1.20. The molecule has 0 aliphatic carbocycles. The number of nitrogens with one attached hydrogen (secondary N) is 1. The molecule has 0 unspecified atom stereocenters. The Labute approximate surface area is 161 Å². The van der Waals surface area contributed by atoms with Crippen molar-refractivity contribution >= 4 is 38.4 Å². The fraction of sp³-hybridized carbons (Fsp3) is 0.273. The van der Waals surface area contributed by atoms with Gasteiger partial charge in [0.1, 0.15) is 5.01 Å². The summed E-state index contributed by atoms with van der Waals surface area (Å²) in [5.41, 5.74) is 3.39. The molecule has 1 N–H and O–H groups in total. The smallest absolute Gasteiger partial charge is 0.223 e. The Hall–Kier alpha value is -2.66. The predicted molar refractivity (Wildman–Crippen MR) is 110 cm³/mol. The number of aromatic nitrogens is 2. The number of aryl methyl sites for hydroxylation is 1. The average molecular weight is 375 g/mol. The number of hydrogen-bond acceptors (Lipinski definition) is 3. The number of hydrogen-bond donors (Lipinski definition) is 1. The van der Waals surface area contributed by atoms with E-state index in [-0.39, 0.29) is 11.9 Å². The highest BCUT2D eigenvalue weighted by Gasteiger charge is 2.31. The van der Waals surface area contributed by atoms with Gasteiger partial charge in [-0.3, -0.25) is 4.79 Å². The summed E-state index contributed by atoms with van der Waals surface area (Å²) in [6, 6.07) is 16.6. The Bertz CT molecular complexity index is 1080. The molecular weight excluding hydrogens is 354 g/mol. The first-order valence-electron chi connectivity index (χ1n) is 9.49. The van der Waals surface area contributed by atoms with Crippen LogP contribution >= 0.6 is 11.3 Å². The Morgan fingerprint density at radius 1 is 1.19 bits per heavy atom. The highest BCUT2D eigenvalue weighted by Crippen LogP contribution is 2.36. The number of H-pyrrole nitrogens is 1. The molecule has 136 valence electrons. The number of likely N-dealkylation sites (tertiary alicyclic amines) is 1. The van der Waals surface area contributed by atoms with Crippen LogP contribution in [0.15, 0.2) is 54.7 Å². The lowest BCUT2D eigenvalue weighted by atomic mass is 10.1. The first-order valence-corrected chi connectivity index (χ1v) is 10.3. The van der Waals surface area contributed by atoms with E-state index in [1.807, 2.05) is 41.4 Å². The maximum atomic E-state index is 13.0. The first kappa shape index (κ1) is 16.5. The zero-order chi connectivity index (χ0) is 18.2. The van der Waals surface area contributed by atoms with Gasteiger partial charge in [-0.15, -0.1) is 11.3 Å². The Balaban J connectivity index is 1.33. The molecule has 4 aromatic rings. The Kier molecular flexibility index (Phi) is 4.17. The van der Waals surface area contributed by atoms with Crippen LogP contribution in [0.5, 0.6) is 0 Å². The molecule has 1 fully saturated rings. The van der Waals surface area contributed by atoms with E-state index in [1.54, 1.807) is 11.3 Å². The fourth-order valence-electron chi connectivity index (χ4n) is 4.08. The molecular formula is C22H21N3OS. The van der Waals surface area contributed by atoms with Crippen LogP contribution in [0.25, 0.3) is 21.1 Å². The molecule has 5 rings (SSSR count). The third kappa shape index (κ3) is 3.02. The van der Waals surface area contributed by atoms with Gasteiger partial charge in [0.05, 0.1) is 16.3 Å². The molecule has 1 amide bonds. The van der Waals surface area contributed by atoms with Gasteiger partial charge in [0.25, 0.3) is 0 Å². The van der Waals surface area contributed by atoms with Gasteiger partial charge in [0.15, 0.2) is 0 Å². The molecule has 4 nitrogen and oxygen atoms in total. The second-order valence-corrected chi connectivity index (χ2v) is 8.19.